The molecule has 0 atom stereocenters. The SMILES string of the molecule is CCCC1CCN(CCNCc2ccccc2)CC1. The lowest BCUT2D eigenvalue weighted by molar-refractivity contribution is 0.179. The van der Waals surface area contributed by atoms with Gasteiger partial charge in [-0.2, -0.15) is 0 Å². The molecule has 1 fully saturated rings. The molecule has 0 amide bonds. The van der Waals surface area contributed by atoms with Crippen molar-refractivity contribution in [1.29, 1.82) is 0 Å². The predicted octanol–water partition coefficient (Wildman–Crippen LogP) is 3.29. The van der Waals surface area contributed by atoms with E-state index in [2.05, 4.69) is 47.5 Å². The van der Waals surface area contributed by atoms with E-state index in [4.69, 9.17) is 0 Å². The van der Waals surface area contributed by atoms with Crippen LogP contribution in [0.25, 0.3) is 0 Å². The Bertz CT molecular complexity index is 328. The lowest BCUT2D eigenvalue weighted by Gasteiger charge is -2.31. The van der Waals surface area contributed by atoms with Crippen LogP contribution in [0.4, 0.5) is 0 Å². The Balaban J connectivity index is 1.55. The number of benzene rings is 1. The van der Waals surface area contributed by atoms with Crippen LogP contribution in [-0.2, 0) is 6.54 Å². The van der Waals surface area contributed by atoms with Crippen molar-refractivity contribution in [2.24, 2.45) is 5.92 Å². The second-order valence-corrected chi connectivity index (χ2v) is 5.74. The van der Waals surface area contributed by atoms with Gasteiger partial charge in [0.15, 0.2) is 0 Å². The monoisotopic (exact) mass is 260 g/mol. The van der Waals surface area contributed by atoms with Crippen LogP contribution in [-0.4, -0.2) is 31.1 Å². The van der Waals surface area contributed by atoms with Gasteiger partial charge in [0, 0.05) is 19.6 Å². The summed E-state index contributed by atoms with van der Waals surface area (Å²) < 4.78 is 0. The van der Waals surface area contributed by atoms with Crippen molar-refractivity contribution in [1.82, 2.24) is 10.2 Å². The van der Waals surface area contributed by atoms with Crippen molar-refractivity contribution in [3.63, 3.8) is 0 Å². The molecule has 0 bridgehead atoms. The molecule has 106 valence electrons. The van der Waals surface area contributed by atoms with Gasteiger partial charge in [-0.15, -0.1) is 0 Å². The van der Waals surface area contributed by atoms with E-state index in [-0.39, 0.29) is 0 Å². The minimum atomic E-state index is 0.993. The van der Waals surface area contributed by atoms with E-state index < -0.39 is 0 Å². The summed E-state index contributed by atoms with van der Waals surface area (Å²) >= 11 is 0. The van der Waals surface area contributed by atoms with Gasteiger partial charge in [0.2, 0.25) is 0 Å². The molecule has 0 radical (unpaired) electrons. The van der Waals surface area contributed by atoms with E-state index in [0.717, 1.165) is 19.0 Å². The predicted molar refractivity (Wildman–Crippen MR) is 82.2 cm³/mol. The quantitative estimate of drug-likeness (QED) is 0.757. The van der Waals surface area contributed by atoms with Gasteiger partial charge in [-0.05, 0) is 37.4 Å². The molecule has 1 aromatic carbocycles. The maximum Gasteiger partial charge on any atom is 0.0206 e. The second-order valence-electron chi connectivity index (χ2n) is 5.74. The van der Waals surface area contributed by atoms with Crippen molar-refractivity contribution in [2.75, 3.05) is 26.2 Å². The maximum atomic E-state index is 3.54. The number of rotatable bonds is 7. The zero-order valence-electron chi connectivity index (χ0n) is 12.3. The van der Waals surface area contributed by atoms with Gasteiger partial charge < -0.3 is 10.2 Å². The third-order valence-corrected chi connectivity index (χ3v) is 4.18. The number of hydrogen-bond donors (Lipinski definition) is 1. The van der Waals surface area contributed by atoms with Crippen LogP contribution in [0.2, 0.25) is 0 Å². The van der Waals surface area contributed by atoms with Gasteiger partial charge in [-0.1, -0.05) is 50.1 Å². The molecule has 1 aromatic rings. The van der Waals surface area contributed by atoms with Gasteiger partial charge in [0.25, 0.3) is 0 Å². The first-order valence-corrected chi connectivity index (χ1v) is 7.85. The minimum absolute atomic E-state index is 0.993. The van der Waals surface area contributed by atoms with Crippen molar-refractivity contribution in [3.05, 3.63) is 35.9 Å². The summed E-state index contributed by atoms with van der Waals surface area (Å²) in [6, 6.07) is 10.7. The molecule has 0 aromatic heterocycles. The summed E-state index contributed by atoms with van der Waals surface area (Å²) in [5, 5.41) is 3.54. The molecule has 0 aliphatic carbocycles. The highest BCUT2D eigenvalue weighted by molar-refractivity contribution is 5.14. The van der Waals surface area contributed by atoms with Crippen molar-refractivity contribution in [3.8, 4) is 0 Å². The summed E-state index contributed by atoms with van der Waals surface area (Å²) in [7, 11) is 0. The molecule has 0 saturated carbocycles. The highest BCUT2D eigenvalue weighted by Crippen LogP contribution is 2.21. The van der Waals surface area contributed by atoms with Crippen LogP contribution in [0, 0.1) is 5.92 Å². The summed E-state index contributed by atoms with van der Waals surface area (Å²) in [6.45, 7) is 8.21. The summed E-state index contributed by atoms with van der Waals surface area (Å²) in [5.41, 5.74) is 1.38. The Morgan fingerprint density at radius 2 is 1.89 bits per heavy atom. The van der Waals surface area contributed by atoms with Gasteiger partial charge in [-0.3, -0.25) is 0 Å². The molecular weight excluding hydrogens is 232 g/mol. The van der Waals surface area contributed by atoms with E-state index in [1.54, 1.807) is 0 Å². The highest BCUT2D eigenvalue weighted by Gasteiger charge is 2.17. The molecular formula is C17H28N2. The highest BCUT2D eigenvalue weighted by atomic mass is 15.1. The van der Waals surface area contributed by atoms with E-state index in [0.29, 0.717) is 0 Å². The molecule has 1 N–H and O–H groups in total. The molecule has 2 heteroatoms. The Morgan fingerprint density at radius 1 is 1.16 bits per heavy atom. The number of likely N-dealkylation sites (tertiary alicyclic amines) is 1. The van der Waals surface area contributed by atoms with Crippen LogP contribution >= 0.6 is 0 Å². The van der Waals surface area contributed by atoms with E-state index in [1.165, 1.54) is 50.9 Å². The normalized spacial score (nSPS) is 17.7. The Morgan fingerprint density at radius 3 is 2.58 bits per heavy atom. The Labute approximate surface area is 118 Å². The zero-order chi connectivity index (χ0) is 13.3. The standard InChI is InChI=1S/C17H28N2/c1-2-6-16-9-12-19(13-10-16)14-11-18-15-17-7-4-3-5-8-17/h3-5,7-8,16,18H,2,6,9-15H2,1H3. The molecule has 2 nitrogen and oxygen atoms in total. The molecule has 0 spiro atoms. The van der Waals surface area contributed by atoms with Crippen LogP contribution in [0.3, 0.4) is 0 Å². The molecule has 1 aliphatic rings. The zero-order valence-corrected chi connectivity index (χ0v) is 12.3. The van der Waals surface area contributed by atoms with Crippen LogP contribution in [0.1, 0.15) is 38.2 Å². The van der Waals surface area contributed by atoms with E-state index >= 15 is 0 Å². The minimum Gasteiger partial charge on any atom is -0.311 e. The van der Waals surface area contributed by atoms with Crippen molar-refractivity contribution < 1.29 is 0 Å². The van der Waals surface area contributed by atoms with Crippen molar-refractivity contribution >= 4 is 0 Å². The maximum absolute atomic E-state index is 3.54. The molecule has 1 aliphatic heterocycles. The van der Waals surface area contributed by atoms with Crippen LogP contribution in [0.5, 0.6) is 0 Å². The third-order valence-electron chi connectivity index (χ3n) is 4.18. The number of nitrogens with one attached hydrogen (secondary N) is 1. The molecule has 19 heavy (non-hydrogen) atoms. The smallest absolute Gasteiger partial charge is 0.0206 e. The average Bonchev–Trinajstić information content (AvgIpc) is 2.47. The molecule has 1 saturated heterocycles. The van der Waals surface area contributed by atoms with E-state index in [1.807, 2.05) is 0 Å². The number of hydrogen-bond acceptors (Lipinski definition) is 2. The Kier molecular flexibility index (Phi) is 6.38. The first-order valence-electron chi connectivity index (χ1n) is 7.85. The number of piperidine rings is 1. The third kappa shape index (κ3) is 5.33. The molecule has 1 heterocycles. The average molecular weight is 260 g/mol. The second kappa shape index (κ2) is 8.34. The first-order chi connectivity index (χ1) is 9.38. The van der Waals surface area contributed by atoms with Gasteiger partial charge in [0.05, 0.1) is 0 Å². The van der Waals surface area contributed by atoms with E-state index in [9.17, 15) is 0 Å². The van der Waals surface area contributed by atoms with Gasteiger partial charge in [0.1, 0.15) is 0 Å². The van der Waals surface area contributed by atoms with Gasteiger partial charge >= 0.3 is 0 Å². The van der Waals surface area contributed by atoms with Crippen molar-refractivity contribution in [2.45, 2.75) is 39.2 Å². The first kappa shape index (κ1) is 14.5. The Hall–Kier alpha value is -0.860. The lowest BCUT2D eigenvalue weighted by atomic mass is 9.92. The van der Waals surface area contributed by atoms with Crippen LogP contribution in [0.15, 0.2) is 30.3 Å². The molecule has 0 unspecified atom stereocenters. The van der Waals surface area contributed by atoms with Gasteiger partial charge in [-0.25, -0.2) is 0 Å². The largest absolute Gasteiger partial charge is 0.311 e. The summed E-state index contributed by atoms with van der Waals surface area (Å²) in [4.78, 5) is 2.62. The fraction of sp³-hybridized carbons (Fsp3) is 0.647. The topological polar surface area (TPSA) is 15.3 Å². The fourth-order valence-corrected chi connectivity index (χ4v) is 2.97. The number of nitrogens with zero attached hydrogens (tertiary/aromatic N) is 1. The fourth-order valence-electron chi connectivity index (χ4n) is 2.97. The molecule has 2 rings (SSSR count). The summed E-state index contributed by atoms with van der Waals surface area (Å²) in [5.74, 6) is 0.999. The van der Waals surface area contributed by atoms with Crippen LogP contribution < -0.4 is 5.32 Å². The lowest BCUT2D eigenvalue weighted by Crippen LogP contribution is -2.38. The summed E-state index contributed by atoms with van der Waals surface area (Å²) in [6.07, 6.45) is 5.60.